The number of carbonyl (C=O) groups excluding carboxylic acids is 1. The quantitative estimate of drug-likeness (QED) is 0.442. The van der Waals surface area contributed by atoms with Gasteiger partial charge in [0.2, 0.25) is 5.95 Å². The molecule has 0 radical (unpaired) electrons. The Balaban J connectivity index is 1.53. The Labute approximate surface area is 189 Å². The lowest BCUT2D eigenvalue weighted by Crippen LogP contribution is -2.54. The first-order valence-corrected chi connectivity index (χ1v) is 10.8. The second-order valence-electron chi connectivity index (χ2n) is 8.64. The van der Waals surface area contributed by atoms with Crippen LogP contribution in [0.3, 0.4) is 0 Å². The fraction of sp³-hybridized carbons (Fsp3) is 0.304. The topological polar surface area (TPSA) is 113 Å². The number of rotatable bonds is 3. The number of benzene rings is 1. The summed E-state index contributed by atoms with van der Waals surface area (Å²) in [6.07, 6.45) is 4.97. The van der Waals surface area contributed by atoms with Gasteiger partial charge >= 0.3 is 0 Å². The molecule has 0 bridgehead atoms. The minimum absolute atomic E-state index is 0.0806. The highest BCUT2D eigenvalue weighted by molar-refractivity contribution is 6.14. The molecule has 1 amide bonds. The maximum absolute atomic E-state index is 14.5. The van der Waals surface area contributed by atoms with Crippen molar-refractivity contribution in [2.75, 3.05) is 29.0 Å². The Morgan fingerprint density at radius 1 is 1.21 bits per heavy atom. The van der Waals surface area contributed by atoms with Crippen LogP contribution in [0.25, 0.3) is 16.6 Å². The smallest absolute Gasteiger partial charge is 0.257 e. The van der Waals surface area contributed by atoms with E-state index < -0.39 is 11.7 Å². The number of nitrogen functional groups attached to an aromatic ring is 1. The van der Waals surface area contributed by atoms with Crippen LogP contribution in [-0.2, 0) is 0 Å². The molecule has 1 aliphatic heterocycles. The SMILES string of the molecule is Cc1cn2cc(NC(=O)c3ccc(N4C[C@@H](C)N[C@@H](C)C4)c4cnc(N)nc34)cc(F)c2n1. The van der Waals surface area contributed by atoms with E-state index in [-0.39, 0.29) is 11.6 Å². The predicted octanol–water partition coefficient (Wildman–Crippen LogP) is 2.75. The summed E-state index contributed by atoms with van der Waals surface area (Å²) < 4.78 is 16.0. The molecule has 1 saturated heterocycles. The number of pyridine rings is 1. The van der Waals surface area contributed by atoms with Gasteiger partial charge in [0.1, 0.15) is 0 Å². The van der Waals surface area contributed by atoms with Crippen LogP contribution in [0.2, 0.25) is 0 Å². The highest BCUT2D eigenvalue weighted by Gasteiger charge is 2.24. The van der Waals surface area contributed by atoms with Gasteiger partial charge in [-0.25, -0.2) is 19.3 Å². The van der Waals surface area contributed by atoms with E-state index in [0.717, 1.165) is 24.2 Å². The largest absolute Gasteiger partial charge is 0.368 e. The third-order valence-corrected chi connectivity index (χ3v) is 5.77. The number of aromatic nitrogens is 4. The normalized spacial score (nSPS) is 18.7. The molecule has 0 saturated carbocycles. The number of amides is 1. The van der Waals surface area contributed by atoms with E-state index in [0.29, 0.717) is 34.5 Å². The van der Waals surface area contributed by atoms with Gasteiger partial charge in [0.15, 0.2) is 11.5 Å². The molecule has 5 rings (SSSR count). The molecule has 1 aliphatic rings. The number of halogens is 1. The summed E-state index contributed by atoms with van der Waals surface area (Å²) in [7, 11) is 0. The Kier molecular flexibility index (Phi) is 5.09. The third kappa shape index (κ3) is 3.93. The van der Waals surface area contributed by atoms with Gasteiger partial charge < -0.3 is 25.7 Å². The lowest BCUT2D eigenvalue weighted by atomic mass is 10.0. The maximum atomic E-state index is 14.5. The van der Waals surface area contributed by atoms with E-state index in [1.54, 1.807) is 36.0 Å². The van der Waals surface area contributed by atoms with E-state index in [2.05, 4.69) is 44.3 Å². The van der Waals surface area contributed by atoms with Crippen LogP contribution in [0.4, 0.5) is 21.7 Å². The molecule has 2 atom stereocenters. The summed E-state index contributed by atoms with van der Waals surface area (Å²) in [6, 6.07) is 5.52. The molecule has 1 aromatic carbocycles. The molecule has 10 heteroatoms. The molecule has 33 heavy (non-hydrogen) atoms. The van der Waals surface area contributed by atoms with Crippen LogP contribution in [0, 0.1) is 12.7 Å². The number of imidazole rings is 1. The summed E-state index contributed by atoms with van der Waals surface area (Å²) in [5, 5.41) is 7.03. The van der Waals surface area contributed by atoms with Crippen molar-refractivity contribution in [3.05, 3.63) is 53.9 Å². The van der Waals surface area contributed by atoms with Crippen molar-refractivity contribution in [2.24, 2.45) is 0 Å². The lowest BCUT2D eigenvalue weighted by molar-refractivity contribution is 0.102. The van der Waals surface area contributed by atoms with Gasteiger partial charge in [0.25, 0.3) is 5.91 Å². The zero-order valence-electron chi connectivity index (χ0n) is 18.6. The van der Waals surface area contributed by atoms with Crippen molar-refractivity contribution in [3.8, 4) is 0 Å². The van der Waals surface area contributed by atoms with Crippen LogP contribution >= 0.6 is 0 Å². The van der Waals surface area contributed by atoms with Crippen molar-refractivity contribution in [1.82, 2.24) is 24.7 Å². The van der Waals surface area contributed by atoms with Crippen molar-refractivity contribution in [1.29, 1.82) is 0 Å². The first kappa shape index (κ1) is 21.1. The molecular formula is C23H25FN8O. The molecule has 3 aromatic heterocycles. The third-order valence-electron chi connectivity index (χ3n) is 5.77. The highest BCUT2D eigenvalue weighted by Crippen LogP contribution is 2.30. The number of piperazine rings is 1. The zero-order chi connectivity index (χ0) is 23.3. The standard InChI is InChI=1S/C23H25FN8O/c1-12-8-31(9-13(2)27-12)19-5-4-16(20-17(19)7-26-23(25)30-20)22(33)29-15-6-18(24)21-28-14(3)10-32(21)11-15/h4-7,10-13,27H,8-9H2,1-3H3,(H,29,33)(H2,25,26,30)/t12-,13+. The number of hydrogen-bond donors (Lipinski definition) is 3. The molecule has 4 aromatic rings. The molecule has 0 spiro atoms. The van der Waals surface area contributed by atoms with E-state index in [4.69, 9.17) is 5.73 Å². The number of anilines is 3. The number of carbonyl (C=O) groups is 1. The van der Waals surface area contributed by atoms with Crippen molar-refractivity contribution < 1.29 is 9.18 Å². The van der Waals surface area contributed by atoms with Crippen LogP contribution < -0.4 is 21.3 Å². The molecule has 4 heterocycles. The highest BCUT2D eigenvalue weighted by atomic mass is 19.1. The van der Waals surface area contributed by atoms with Crippen LogP contribution in [0.15, 0.2) is 36.8 Å². The van der Waals surface area contributed by atoms with Crippen molar-refractivity contribution >= 4 is 39.8 Å². The van der Waals surface area contributed by atoms with Crippen molar-refractivity contribution in [3.63, 3.8) is 0 Å². The minimum Gasteiger partial charge on any atom is -0.368 e. The average molecular weight is 449 g/mol. The fourth-order valence-corrected chi connectivity index (χ4v) is 4.55. The van der Waals surface area contributed by atoms with E-state index in [9.17, 15) is 9.18 Å². The number of nitrogens with zero attached hydrogens (tertiary/aromatic N) is 5. The summed E-state index contributed by atoms with van der Waals surface area (Å²) in [4.78, 5) is 28.1. The second kappa shape index (κ2) is 7.96. The van der Waals surface area contributed by atoms with E-state index in [1.165, 1.54) is 6.07 Å². The predicted molar refractivity (Wildman–Crippen MR) is 126 cm³/mol. The first-order valence-electron chi connectivity index (χ1n) is 10.8. The summed E-state index contributed by atoms with van der Waals surface area (Å²) in [5.41, 5.74) is 8.81. The number of hydrogen-bond acceptors (Lipinski definition) is 7. The molecule has 1 fully saturated rings. The zero-order valence-corrected chi connectivity index (χ0v) is 18.6. The van der Waals surface area contributed by atoms with Crippen LogP contribution in [0.5, 0.6) is 0 Å². The second-order valence-corrected chi connectivity index (χ2v) is 8.64. The Morgan fingerprint density at radius 2 is 1.97 bits per heavy atom. The summed E-state index contributed by atoms with van der Waals surface area (Å²) in [6.45, 7) is 7.69. The van der Waals surface area contributed by atoms with Crippen LogP contribution in [0.1, 0.15) is 29.9 Å². The Morgan fingerprint density at radius 3 is 2.73 bits per heavy atom. The van der Waals surface area contributed by atoms with Gasteiger partial charge in [-0.3, -0.25) is 4.79 Å². The molecular weight excluding hydrogens is 423 g/mol. The number of nitrogens with one attached hydrogen (secondary N) is 2. The molecule has 0 aliphatic carbocycles. The molecule has 0 unspecified atom stereocenters. The van der Waals surface area contributed by atoms with E-state index >= 15 is 0 Å². The van der Waals surface area contributed by atoms with Gasteiger partial charge in [0, 0.05) is 60.9 Å². The lowest BCUT2D eigenvalue weighted by Gasteiger charge is -2.38. The van der Waals surface area contributed by atoms with Gasteiger partial charge in [-0.15, -0.1) is 0 Å². The molecule has 4 N–H and O–H groups in total. The Hall–Kier alpha value is -3.79. The first-order chi connectivity index (χ1) is 15.8. The average Bonchev–Trinajstić information content (AvgIpc) is 3.12. The van der Waals surface area contributed by atoms with Crippen molar-refractivity contribution in [2.45, 2.75) is 32.9 Å². The fourth-order valence-electron chi connectivity index (χ4n) is 4.55. The van der Waals surface area contributed by atoms with E-state index in [1.807, 2.05) is 6.07 Å². The number of nitrogens with two attached hydrogens (primary N) is 1. The molecule has 9 nitrogen and oxygen atoms in total. The Bertz CT molecular complexity index is 1370. The van der Waals surface area contributed by atoms with Crippen LogP contribution in [-0.4, -0.2) is 50.4 Å². The molecule has 170 valence electrons. The monoisotopic (exact) mass is 448 g/mol. The maximum Gasteiger partial charge on any atom is 0.257 e. The van der Waals surface area contributed by atoms with Gasteiger partial charge in [-0.1, -0.05) is 0 Å². The number of fused-ring (bicyclic) bond motifs is 2. The summed E-state index contributed by atoms with van der Waals surface area (Å²) >= 11 is 0. The van der Waals surface area contributed by atoms with Gasteiger partial charge in [-0.2, -0.15) is 0 Å². The van der Waals surface area contributed by atoms with Gasteiger partial charge in [0.05, 0.1) is 22.5 Å². The minimum atomic E-state index is -0.519. The number of aryl methyl sites for hydroxylation is 1. The summed E-state index contributed by atoms with van der Waals surface area (Å²) in [5.74, 6) is -0.853. The van der Waals surface area contributed by atoms with Gasteiger partial charge in [-0.05, 0) is 32.9 Å².